The van der Waals surface area contributed by atoms with Gasteiger partial charge in [0, 0.05) is 32.2 Å². The molecule has 11 nitrogen and oxygen atoms in total. The van der Waals surface area contributed by atoms with E-state index in [2.05, 4.69) is 30.3 Å². The fraction of sp³-hybridized carbons (Fsp3) is 0.455. The summed E-state index contributed by atoms with van der Waals surface area (Å²) in [5, 5.41) is 26.7. The van der Waals surface area contributed by atoms with Crippen molar-refractivity contribution in [2.75, 3.05) is 19.1 Å². The van der Waals surface area contributed by atoms with Crippen LogP contribution in [0.4, 0.5) is 10.6 Å². The lowest BCUT2D eigenvalue weighted by Gasteiger charge is -2.41. The fourth-order valence-electron chi connectivity index (χ4n) is 5.02. The first-order valence-corrected chi connectivity index (χ1v) is 10.9. The van der Waals surface area contributed by atoms with Crippen LogP contribution in [-0.2, 0) is 7.05 Å². The predicted molar refractivity (Wildman–Crippen MR) is 120 cm³/mol. The molecule has 11 heteroatoms. The van der Waals surface area contributed by atoms with Crippen molar-refractivity contribution < 1.29 is 14.6 Å². The summed E-state index contributed by atoms with van der Waals surface area (Å²) in [6.07, 6.45) is 4.35. The average molecular weight is 451 g/mol. The Morgan fingerprint density at radius 2 is 1.82 bits per heavy atom. The highest BCUT2D eigenvalue weighted by molar-refractivity contribution is 5.68. The standard InChI is InChI=1S/C22H26N8O3/c1-28(15-10-13-4-5-14(11-15)30(13)22(31)32)20-9-8-18(25-26-20)17-7-6-16(21(24-17)33-3)19-12-23-29(2)27-19/h6-9,12-15H,4-5,10-11H2,1-3H3,(H,31,32). The van der Waals surface area contributed by atoms with Crippen molar-refractivity contribution in [2.45, 2.75) is 43.8 Å². The molecule has 33 heavy (non-hydrogen) atoms. The lowest BCUT2D eigenvalue weighted by molar-refractivity contribution is 0.0965. The molecule has 0 aliphatic carbocycles. The monoisotopic (exact) mass is 450 g/mol. The highest BCUT2D eigenvalue weighted by Gasteiger charge is 2.44. The number of anilines is 1. The van der Waals surface area contributed by atoms with Gasteiger partial charge in [0.15, 0.2) is 5.82 Å². The van der Waals surface area contributed by atoms with Crippen molar-refractivity contribution in [3.05, 3.63) is 30.5 Å². The summed E-state index contributed by atoms with van der Waals surface area (Å²) >= 11 is 0. The fourth-order valence-corrected chi connectivity index (χ4v) is 5.02. The minimum atomic E-state index is -0.805. The molecule has 2 saturated heterocycles. The maximum absolute atomic E-state index is 11.5. The second-order valence-corrected chi connectivity index (χ2v) is 8.56. The van der Waals surface area contributed by atoms with E-state index in [9.17, 15) is 9.90 Å². The zero-order valence-electron chi connectivity index (χ0n) is 18.8. The molecule has 5 heterocycles. The van der Waals surface area contributed by atoms with Crippen molar-refractivity contribution >= 4 is 11.9 Å². The lowest BCUT2D eigenvalue weighted by Crippen LogP contribution is -2.51. The van der Waals surface area contributed by atoms with Gasteiger partial charge in [-0.2, -0.15) is 15.0 Å². The average Bonchev–Trinajstić information content (AvgIpc) is 3.38. The zero-order valence-corrected chi connectivity index (χ0v) is 18.8. The molecular weight excluding hydrogens is 424 g/mol. The molecule has 3 aromatic rings. The Kier molecular flexibility index (Phi) is 5.31. The largest absolute Gasteiger partial charge is 0.480 e. The Morgan fingerprint density at radius 3 is 2.39 bits per heavy atom. The van der Waals surface area contributed by atoms with Crippen LogP contribution >= 0.6 is 0 Å². The summed E-state index contributed by atoms with van der Waals surface area (Å²) in [6, 6.07) is 7.99. The quantitative estimate of drug-likeness (QED) is 0.624. The molecular formula is C22H26N8O3. The number of nitrogens with zero attached hydrogens (tertiary/aromatic N) is 8. The second-order valence-electron chi connectivity index (χ2n) is 8.56. The van der Waals surface area contributed by atoms with E-state index >= 15 is 0 Å². The Balaban J connectivity index is 1.33. The summed E-state index contributed by atoms with van der Waals surface area (Å²) in [4.78, 5) is 21.4. The predicted octanol–water partition coefficient (Wildman–Crippen LogP) is 2.45. The van der Waals surface area contributed by atoms with Crippen LogP contribution < -0.4 is 9.64 Å². The van der Waals surface area contributed by atoms with Crippen LogP contribution in [0.1, 0.15) is 25.7 Å². The Morgan fingerprint density at radius 1 is 1.09 bits per heavy atom. The molecule has 0 saturated carbocycles. The van der Waals surface area contributed by atoms with Gasteiger partial charge >= 0.3 is 6.09 Å². The van der Waals surface area contributed by atoms with Crippen LogP contribution in [0.3, 0.4) is 0 Å². The van der Waals surface area contributed by atoms with E-state index in [0.717, 1.165) is 37.1 Å². The van der Waals surface area contributed by atoms with Gasteiger partial charge in [0.05, 0.1) is 24.6 Å². The minimum Gasteiger partial charge on any atom is -0.480 e. The van der Waals surface area contributed by atoms with Gasteiger partial charge in [-0.15, -0.1) is 10.2 Å². The van der Waals surface area contributed by atoms with Gasteiger partial charge in [0.25, 0.3) is 0 Å². The van der Waals surface area contributed by atoms with Gasteiger partial charge in [-0.1, -0.05) is 0 Å². The number of carbonyl (C=O) groups is 1. The number of aromatic nitrogens is 6. The van der Waals surface area contributed by atoms with Gasteiger partial charge < -0.3 is 19.6 Å². The Hall–Kier alpha value is -3.76. The number of hydrogen-bond donors (Lipinski definition) is 1. The van der Waals surface area contributed by atoms with Gasteiger partial charge in [-0.25, -0.2) is 9.78 Å². The molecule has 2 unspecified atom stereocenters. The van der Waals surface area contributed by atoms with Crippen LogP contribution in [0.2, 0.25) is 0 Å². The van der Waals surface area contributed by atoms with E-state index in [1.807, 2.05) is 31.3 Å². The van der Waals surface area contributed by atoms with Crippen LogP contribution in [0.5, 0.6) is 5.88 Å². The van der Waals surface area contributed by atoms with Crippen molar-refractivity contribution in [1.29, 1.82) is 0 Å². The van der Waals surface area contributed by atoms with Crippen molar-refractivity contribution in [2.24, 2.45) is 7.05 Å². The van der Waals surface area contributed by atoms with E-state index in [1.54, 1.807) is 25.3 Å². The molecule has 2 aliphatic heterocycles. The van der Waals surface area contributed by atoms with Crippen LogP contribution in [-0.4, -0.2) is 78.6 Å². The third-order valence-corrected chi connectivity index (χ3v) is 6.68. The molecule has 2 fully saturated rings. The number of carboxylic acid groups (broad SMARTS) is 1. The molecule has 172 valence electrons. The SMILES string of the molecule is COc1nc(-c2ccc(N(C)C3CC4CCC(C3)N4C(=O)O)nn2)ccc1-c1cnn(C)n1. The number of hydrogen-bond acceptors (Lipinski definition) is 8. The second kappa shape index (κ2) is 8.30. The normalized spacial score (nSPS) is 21.8. The number of fused-ring (bicyclic) bond motifs is 2. The number of amides is 1. The van der Waals surface area contributed by atoms with Crippen LogP contribution in [0.15, 0.2) is 30.5 Å². The van der Waals surface area contributed by atoms with Crippen LogP contribution in [0.25, 0.3) is 22.6 Å². The van der Waals surface area contributed by atoms with E-state index in [1.165, 1.54) is 4.80 Å². The van der Waals surface area contributed by atoms with Gasteiger partial charge in [-0.3, -0.25) is 0 Å². The molecule has 0 radical (unpaired) electrons. The van der Waals surface area contributed by atoms with Gasteiger partial charge in [-0.05, 0) is 49.9 Å². The lowest BCUT2D eigenvalue weighted by atomic mass is 9.96. The number of methoxy groups -OCH3 is 1. The summed E-state index contributed by atoms with van der Waals surface area (Å²) in [5.41, 5.74) is 2.71. The summed E-state index contributed by atoms with van der Waals surface area (Å²) in [5.74, 6) is 1.20. The summed E-state index contributed by atoms with van der Waals surface area (Å²) in [7, 11) is 5.33. The van der Waals surface area contributed by atoms with Crippen LogP contribution in [0, 0.1) is 0 Å². The number of rotatable bonds is 5. The molecule has 2 aliphatic rings. The molecule has 2 atom stereocenters. The van der Waals surface area contributed by atoms with Crippen molar-refractivity contribution in [3.8, 4) is 28.5 Å². The number of piperidine rings is 1. The summed E-state index contributed by atoms with van der Waals surface area (Å²) in [6.45, 7) is 0. The van der Waals surface area contributed by atoms with Crippen molar-refractivity contribution in [3.63, 3.8) is 0 Å². The molecule has 1 N–H and O–H groups in total. The number of pyridine rings is 1. The Bertz CT molecular complexity index is 1150. The Labute approximate surface area is 191 Å². The van der Waals surface area contributed by atoms with E-state index in [4.69, 9.17) is 4.74 Å². The smallest absolute Gasteiger partial charge is 0.407 e. The highest BCUT2D eigenvalue weighted by atomic mass is 16.5. The summed E-state index contributed by atoms with van der Waals surface area (Å²) < 4.78 is 5.47. The van der Waals surface area contributed by atoms with Crippen molar-refractivity contribution in [1.82, 2.24) is 35.1 Å². The van der Waals surface area contributed by atoms with Gasteiger partial charge in [0.2, 0.25) is 5.88 Å². The molecule has 1 amide bonds. The first-order chi connectivity index (χ1) is 15.9. The topological polar surface area (TPSA) is 122 Å². The van der Waals surface area contributed by atoms with Gasteiger partial charge in [0.1, 0.15) is 11.4 Å². The third-order valence-electron chi connectivity index (χ3n) is 6.68. The van der Waals surface area contributed by atoms with E-state index in [-0.39, 0.29) is 18.1 Å². The number of aryl methyl sites for hydroxylation is 1. The highest BCUT2D eigenvalue weighted by Crippen LogP contribution is 2.38. The van der Waals surface area contributed by atoms with E-state index in [0.29, 0.717) is 23.0 Å². The molecule has 3 aromatic heterocycles. The zero-order chi connectivity index (χ0) is 23.1. The first-order valence-electron chi connectivity index (χ1n) is 10.9. The maximum Gasteiger partial charge on any atom is 0.407 e. The minimum absolute atomic E-state index is 0.0883. The molecule has 5 rings (SSSR count). The molecule has 0 spiro atoms. The number of ether oxygens (including phenoxy) is 1. The molecule has 0 aromatic carbocycles. The maximum atomic E-state index is 11.5. The molecule has 2 bridgehead atoms. The van der Waals surface area contributed by atoms with E-state index < -0.39 is 6.09 Å². The third kappa shape index (κ3) is 3.83. The first kappa shape index (κ1) is 21.1.